The second-order valence-electron chi connectivity index (χ2n) is 11.5. The van der Waals surface area contributed by atoms with Crippen LogP contribution in [0.4, 0.5) is 23.2 Å². The second kappa shape index (κ2) is 13.1. The van der Waals surface area contributed by atoms with Gasteiger partial charge in [-0.05, 0) is 86.3 Å². The molecular formula is C32H36F4N2O5. The molecule has 1 heterocycles. The largest absolute Gasteiger partial charge is 0.496 e. The van der Waals surface area contributed by atoms with Gasteiger partial charge in [-0.25, -0.2) is 4.39 Å². The van der Waals surface area contributed by atoms with Crippen LogP contribution in [0.2, 0.25) is 0 Å². The van der Waals surface area contributed by atoms with Crippen molar-refractivity contribution < 1.29 is 41.7 Å². The van der Waals surface area contributed by atoms with Crippen LogP contribution in [-0.4, -0.2) is 49.9 Å². The Morgan fingerprint density at radius 1 is 1.07 bits per heavy atom. The number of anilines is 1. The van der Waals surface area contributed by atoms with Crippen molar-refractivity contribution in [2.24, 2.45) is 23.7 Å². The number of hydrogen-bond donors (Lipinski definition) is 3. The number of rotatable bonds is 9. The van der Waals surface area contributed by atoms with E-state index in [-0.39, 0.29) is 30.0 Å². The minimum Gasteiger partial charge on any atom is -0.496 e. The first kappa shape index (κ1) is 31.0. The number of fused-ring (bicyclic) bond motifs is 2. The van der Waals surface area contributed by atoms with Gasteiger partial charge >= 0.3 is 6.18 Å². The monoisotopic (exact) mass is 604 g/mol. The third-order valence-corrected chi connectivity index (χ3v) is 8.86. The first-order chi connectivity index (χ1) is 20.6. The van der Waals surface area contributed by atoms with Crippen molar-refractivity contribution in [2.45, 2.75) is 50.7 Å². The van der Waals surface area contributed by atoms with Crippen LogP contribution in [-0.2, 0) is 22.1 Å². The fourth-order valence-electron chi connectivity index (χ4n) is 6.83. The van der Waals surface area contributed by atoms with Crippen molar-refractivity contribution in [3.8, 4) is 5.75 Å². The van der Waals surface area contributed by atoms with E-state index in [1.807, 2.05) is 6.07 Å². The number of hydrogen-bond acceptors (Lipinski definition) is 5. The van der Waals surface area contributed by atoms with E-state index in [1.54, 1.807) is 12.1 Å². The summed E-state index contributed by atoms with van der Waals surface area (Å²) in [5.41, 5.74) is 0.606. The van der Waals surface area contributed by atoms with Gasteiger partial charge in [0, 0.05) is 37.5 Å². The Hall–Kier alpha value is -3.44. The third-order valence-electron chi connectivity index (χ3n) is 8.86. The van der Waals surface area contributed by atoms with E-state index in [2.05, 4.69) is 16.7 Å². The first-order valence-electron chi connectivity index (χ1n) is 14.7. The highest BCUT2D eigenvalue weighted by atomic mass is 19.4. The molecular weight excluding hydrogens is 568 g/mol. The molecule has 1 saturated heterocycles. The topological polar surface area (TPSA) is 96.9 Å². The molecule has 0 aromatic heterocycles. The van der Waals surface area contributed by atoms with Gasteiger partial charge in [0.2, 0.25) is 5.91 Å². The summed E-state index contributed by atoms with van der Waals surface area (Å²) in [6.45, 7) is 1.30. The van der Waals surface area contributed by atoms with Crippen LogP contribution in [0, 0.1) is 29.5 Å². The smallest absolute Gasteiger partial charge is 0.419 e. The van der Waals surface area contributed by atoms with Gasteiger partial charge in [0.1, 0.15) is 11.6 Å². The highest BCUT2D eigenvalue weighted by Gasteiger charge is 2.55. The van der Waals surface area contributed by atoms with Crippen molar-refractivity contribution in [3.63, 3.8) is 0 Å². The Morgan fingerprint density at radius 3 is 2.51 bits per heavy atom. The molecule has 4 unspecified atom stereocenters. The molecule has 7 nitrogen and oxygen atoms in total. The van der Waals surface area contributed by atoms with Crippen LogP contribution in [0.1, 0.15) is 53.6 Å². The number of allylic oxidation sites excluding steroid dienone is 1. The number of methoxy groups -OCH3 is 1. The van der Waals surface area contributed by atoms with Crippen LogP contribution < -0.4 is 15.4 Å². The molecule has 2 amide bonds. The maximum atomic E-state index is 13.9. The minimum atomic E-state index is -4.92. The number of carbonyl (C=O) groups is 2. The summed E-state index contributed by atoms with van der Waals surface area (Å²) in [6, 6.07) is 7.00. The molecule has 2 aromatic carbocycles. The molecule has 4 atom stereocenters. The quantitative estimate of drug-likeness (QED) is 0.259. The second-order valence-corrected chi connectivity index (χ2v) is 11.5. The molecule has 3 aliphatic rings. The molecule has 232 valence electrons. The molecule has 43 heavy (non-hydrogen) atoms. The van der Waals surface area contributed by atoms with Crippen molar-refractivity contribution >= 4 is 17.5 Å². The number of alkyl halides is 3. The Balaban J connectivity index is 1.45. The van der Waals surface area contributed by atoms with Gasteiger partial charge in [0.05, 0.1) is 24.2 Å². The molecule has 2 aliphatic carbocycles. The number of amides is 2. The summed E-state index contributed by atoms with van der Waals surface area (Å²) in [5.74, 6) is -2.79. The van der Waals surface area contributed by atoms with Crippen LogP contribution in [0.15, 0.2) is 48.0 Å². The van der Waals surface area contributed by atoms with Crippen molar-refractivity contribution in [2.75, 3.05) is 32.2 Å². The van der Waals surface area contributed by atoms with Gasteiger partial charge in [0.25, 0.3) is 5.91 Å². The Bertz CT molecular complexity index is 1370. The first-order valence-corrected chi connectivity index (χ1v) is 14.7. The van der Waals surface area contributed by atoms with E-state index in [0.717, 1.165) is 36.5 Å². The Morgan fingerprint density at radius 2 is 1.81 bits per heavy atom. The number of aryl methyl sites for hydroxylation is 1. The number of aliphatic hydroxyl groups is 1. The number of nitrogens with one attached hydrogen (secondary N) is 2. The number of aliphatic hydroxyl groups excluding tert-OH is 1. The van der Waals surface area contributed by atoms with Crippen LogP contribution in [0.5, 0.6) is 5.75 Å². The van der Waals surface area contributed by atoms with E-state index in [0.29, 0.717) is 55.9 Å². The van der Waals surface area contributed by atoms with Crippen molar-refractivity contribution in [3.05, 3.63) is 70.6 Å². The molecule has 2 aromatic rings. The third kappa shape index (κ3) is 6.72. The zero-order valence-corrected chi connectivity index (χ0v) is 23.9. The van der Waals surface area contributed by atoms with Crippen LogP contribution >= 0.6 is 0 Å². The number of carbonyl (C=O) groups excluding carboxylic acids is 2. The minimum absolute atomic E-state index is 0.0102. The molecule has 3 N–H and O–H groups in total. The Kier molecular flexibility index (Phi) is 9.41. The fraction of sp³-hybridized carbons (Fsp3) is 0.500. The van der Waals surface area contributed by atoms with Gasteiger partial charge in [-0.1, -0.05) is 17.7 Å². The van der Waals surface area contributed by atoms with Crippen molar-refractivity contribution in [1.29, 1.82) is 0 Å². The maximum Gasteiger partial charge on any atom is 0.419 e. The van der Waals surface area contributed by atoms with Crippen LogP contribution in [0.3, 0.4) is 0 Å². The van der Waals surface area contributed by atoms with Gasteiger partial charge in [-0.3, -0.25) is 9.59 Å². The number of halogens is 4. The molecule has 0 radical (unpaired) electrons. The van der Waals surface area contributed by atoms with Crippen LogP contribution in [0.25, 0.3) is 0 Å². The lowest BCUT2D eigenvalue weighted by Gasteiger charge is -2.30. The maximum absolute atomic E-state index is 13.9. The summed E-state index contributed by atoms with van der Waals surface area (Å²) in [6.07, 6.45) is 1.57. The van der Waals surface area contributed by atoms with Gasteiger partial charge in [-0.15, -0.1) is 0 Å². The highest BCUT2D eigenvalue weighted by Crippen LogP contribution is 2.53. The van der Waals surface area contributed by atoms with Gasteiger partial charge < -0.3 is 25.2 Å². The Labute approximate surface area is 247 Å². The summed E-state index contributed by atoms with van der Waals surface area (Å²) < 4.78 is 64.9. The molecule has 11 heteroatoms. The van der Waals surface area contributed by atoms with E-state index in [9.17, 15) is 32.3 Å². The summed E-state index contributed by atoms with van der Waals surface area (Å²) >= 11 is 0. The van der Waals surface area contributed by atoms with E-state index >= 15 is 0 Å². The average molecular weight is 605 g/mol. The average Bonchev–Trinajstić information content (AvgIpc) is 3.51. The van der Waals surface area contributed by atoms with Gasteiger partial charge in [-0.2, -0.15) is 13.2 Å². The summed E-state index contributed by atoms with van der Waals surface area (Å²) in [5, 5.41) is 14.9. The molecule has 1 aliphatic heterocycles. The van der Waals surface area contributed by atoms with E-state index in [4.69, 9.17) is 9.47 Å². The fourth-order valence-corrected chi connectivity index (χ4v) is 6.83. The molecule has 5 rings (SSSR count). The zero-order valence-electron chi connectivity index (χ0n) is 23.9. The summed E-state index contributed by atoms with van der Waals surface area (Å²) in [7, 11) is 1.46. The zero-order chi connectivity index (χ0) is 30.7. The van der Waals surface area contributed by atoms with E-state index < -0.39 is 41.3 Å². The SMILES string of the molecule is COc1ccc(CCCO)cc1C(=O)NC1C2CCC(/C2=C/C2CCOCC2)C1C(=O)Nc1ccc(F)c(C(F)(F)F)c1. The standard InChI is InChI=1S/C32H36F4N2O5/c1-42-27-9-4-18(3-2-12-39)16-24(27)30(40)38-29-22-7-6-21(23(22)15-19-10-13-43-14-11-19)28(29)31(41)37-20-5-8-26(33)25(17-20)32(34,35)36/h4-5,8-9,15-17,19,21-22,28-29,39H,2-3,6-7,10-14H2,1H3,(H,37,41)(H,38,40)/b23-15-. The lowest BCUT2D eigenvalue weighted by atomic mass is 9.83. The number of benzene rings is 2. The number of ether oxygens (including phenoxy) is 2. The van der Waals surface area contributed by atoms with E-state index in [1.165, 1.54) is 7.11 Å². The predicted molar refractivity (Wildman–Crippen MR) is 151 cm³/mol. The highest BCUT2D eigenvalue weighted by molar-refractivity contribution is 5.99. The molecule has 2 bridgehead atoms. The normalized spacial score (nSPS) is 24.7. The lowest BCUT2D eigenvalue weighted by molar-refractivity contribution is -0.140. The predicted octanol–water partition coefficient (Wildman–Crippen LogP) is 5.52. The lowest BCUT2D eigenvalue weighted by Crippen LogP contribution is -2.48. The molecule has 0 spiro atoms. The van der Waals surface area contributed by atoms with Gasteiger partial charge in [0.15, 0.2) is 0 Å². The molecule has 3 fully saturated rings. The van der Waals surface area contributed by atoms with Crippen molar-refractivity contribution in [1.82, 2.24) is 5.32 Å². The summed E-state index contributed by atoms with van der Waals surface area (Å²) in [4.78, 5) is 27.5. The molecule has 2 saturated carbocycles.